The standard InChI is InChI=1S/C11H15N5S/c1-6-11(17-8(3)15-6)7(2)16-10-5-13-9(12)4-14-10/h4-5,7H,1-3H3,(H2,12,13)(H,14,16). The molecule has 0 aromatic carbocycles. The Morgan fingerprint density at radius 3 is 2.59 bits per heavy atom. The normalized spacial score (nSPS) is 12.4. The van der Waals surface area contributed by atoms with Gasteiger partial charge in [0.15, 0.2) is 0 Å². The third-order valence-electron chi connectivity index (χ3n) is 2.37. The Kier molecular flexibility index (Phi) is 3.23. The number of rotatable bonds is 3. The lowest BCUT2D eigenvalue weighted by Gasteiger charge is -2.13. The molecular formula is C11H15N5S. The molecule has 0 spiro atoms. The Morgan fingerprint density at radius 1 is 1.29 bits per heavy atom. The maximum atomic E-state index is 5.49. The van der Waals surface area contributed by atoms with Crippen molar-refractivity contribution in [1.29, 1.82) is 0 Å². The second-order valence-corrected chi connectivity index (χ2v) is 5.11. The molecule has 3 N–H and O–H groups in total. The zero-order valence-electron chi connectivity index (χ0n) is 10.1. The first-order chi connectivity index (χ1) is 8.06. The van der Waals surface area contributed by atoms with Crippen molar-refractivity contribution in [3.8, 4) is 0 Å². The van der Waals surface area contributed by atoms with Crippen molar-refractivity contribution in [3.63, 3.8) is 0 Å². The monoisotopic (exact) mass is 249 g/mol. The number of anilines is 2. The van der Waals surface area contributed by atoms with Crippen LogP contribution in [0.1, 0.15) is 28.5 Å². The van der Waals surface area contributed by atoms with Crippen LogP contribution in [-0.2, 0) is 0 Å². The van der Waals surface area contributed by atoms with Gasteiger partial charge in [-0.2, -0.15) is 0 Å². The van der Waals surface area contributed by atoms with E-state index in [2.05, 4.69) is 27.2 Å². The number of thiazole rings is 1. The van der Waals surface area contributed by atoms with Gasteiger partial charge in [-0.1, -0.05) is 0 Å². The number of hydrogen-bond acceptors (Lipinski definition) is 6. The molecule has 0 saturated carbocycles. The van der Waals surface area contributed by atoms with Gasteiger partial charge >= 0.3 is 0 Å². The molecule has 90 valence electrons. The summed E-state index contributed by atoms with van der Waals surface area (Å²) in [6.45, 7) is 6.11. The Balaban J connectivity index is 2.14. The number of nitrogen functional groups attached to an aromatic ring is 1. The second kappa shape index (κ2) is 4.67. The van der Waals surface area contributed by atoms with E-state index in [9.17, 15) is 0 Å². The van der Waals surface area contributed by atoms with E-state index in [0.717, 1.165) is 16.5 Å². The summed E-state index contributed by atoms with van der Waals surface area (Å²) in [5, 5.41) is 4.36. The third-order valence-corrected chi connectivity index (χ3v) is 3.62. The fourth-order valence-electron chi connectivity index (χ4n) is 1.65. The van der Waals surface area contributed by atoms with Crippen molar-refractivity contribution in [1.82, 2.24) is 15.0 Å². The van der Waals surface area contributed by atoms with Gasteiger partial charge in [0, 0.05) is 4.88 Å². The van der Waals surface area contributed by atoms with Gasteiger partial charge in [0.25, 0.3) is 0 Å². The first kappa shape index (κ1) is 11.8. The highest BCUT2D eigenvalue weighted by atomic mass is 32.1. The number of nitrogens with one attached hydrogen (secondary N) is 1. The summed E-state index contributed by atoms with van der Waals surface area (Å²) in [4.78, 5) is 13.8. The third kappa shape index (κ3) is 2.71. The van der Waals surface area contributed by atoms with E-state index in [0.29, 0.717) is 5.82 Å². The van der Waals surface area contributed by atoms with E-state index in [1.54, 1.807) is 23.7 Å². The Bertz CT molecular complexity index is 505. The molecular weight excluding hydrogens is 234 g/mol. The van der Waals surface area contributed by atoms with Crippen LogP contribution in [0.5, 0.6) is 0 Å². The number of aromatic nitrogens is 3. The molecule has 1 unspecified atom stereocenters. The molecule has 2 heterocycles. The van der Waals surface area contributed by atoms with Crippen molar-refractivity contribution in [2.75, 3.05) is 11.1 Å². The molecule has 2 rings (SSSR count). The number of nitrogens with zero attached hydrogens (tertiary/aromatic N) is 3. The molecule has 0 radical (unpaired) electrons. The lowest BCUT2D eigenvalue weighted by atomic mass is 10.2. The van der Waals surface area contributed by atoms with E-state index < -0.39 is 0 Å². The number of hydrogen-bond donors (Lipinski definition) is 2. The zero-order chi connectivity index (χ0) is 12.4. The minimum Gasteiger partial charge on any atom is -0.382 e. The van der Waals surface area contributed by atoms with Crippen LogP contribution in [0.4, 0.5) is 11.6 Å². The van der Waals surface area contributed by atoms with E-state index in [1.165, 1.54) is 4.88 Å². The van der Waals surface area contributed by atoms with Gasteiger partial charge in [-0.25, -0.2) is 15.0 Å². The Hall–Kier alpha value is -1.69. The molecule has 6 heteroatoms. The van der Waals surface area contributed by atoms with E-state index in [1.807, 2.05) is 13.8 Å². The lowest BCUT2D eigenvalue weighted by molar-refractivity contribution is 0.877. The Morgan fingerprint density at radius 2 is 2.06 bits per heavy atom. The highest BCUT2D eigenvalue weighted by Gasteiger charge is 2.13. The predicted molar refractivity (Wildman–Crippen MR) is 70.1 cm³/mol. The van der Waals surface area contributed by atoms with Crippen LogP contribution in [0.3, 0.4) is 0 Å². The molecule has 5 nitrogen and oxygen atoms in total. The molecule has 0 saturated heterocycles. The average Bonchev–Trinajstić information content (AvgIpc) is 2.61. The van der Waals surface area contributed by atoms with Gasteiger partial charge in [0.2, 0.25) is 0 Å². The van der Waals surface area contributed by atoms with Crippen molar-refractivity contribution >= 4 is 23.0 Å². The summed E-state index contributed by atoms with van der Waals surface area (Å²) in [5.74, 6) is 1.14. The molecule has 1 atom stereocenters. The maximum Gasteiger partial charge on any atom is 0.145 e. The number of aryl methyl sites for hydroxylation is 2. The van der Waals surface area contributed by atoms with Gasteiger partial charge in [0.05, 0.1) is 29.1 Å². The molecule has 0 amide bonds. The minimum absolute atomic E-state index is 0.166. The van der Waals surface area contributed by atoms with Crippen molar-refractivity contribution in [2.45, 2.75) is 26.8 Å². The molecule has 0 aliphatic carbocycles. The van der Waals surface area contributed by atoms with Gasteiger partial charge in [-0.15, -0.1) is 11.3 Å². The maximum absolute atomic E-state index is 5.49. The summed E-state index contributed by atoms with van der Waals surface area (Å²) in [5.41, 5.74) is 6.55. The molecule has 0 aliphatic rings. The lowest BCUT2D eigenvalue weighted by Crippen LogP contribution is -2.08. The van der Waals surface area contributed by atoms with Crippen LogP contribution in [0.15, 0.2) is 12.4 Å². The van der Waals surface area contributed by atoms with Crippen LogP contribution < -0.4 is 11.1 Å². The molecule has 0 aliphatic heterocycles. The van der Waals surface area contributed by atoms with E-state index in [4.69, 9.17) is 5.73 Å². The summed E-state index contributed by atoms with van der Waals surface area (Å²) in [6.07, 6.45) is 3.18. The minimum atomic E-state index is 0.166. The summed E-state index contributed by atoms with van der Waals surface area (Å²) in [6, 6.07) is 0.166. The van der Waals surface area contributed by atoms with Crippen LogP contribution in [0.25, 0.3) is 0 Å². The topological polar surface area (TPSA) is 76.7 Å². The molecule has 0 bridgehead atoms. The van der Waals surface area contributed by atoms with Crippen LogP contribution in [-0.4, -0.2) is 15.0 Å². The van der Waals surface area contributed by atoms with Crippen LogP contribution in [0, 0.1) is 13.8 Å². The molecule has 0 fully saturated rings. The fraction of sp³-hybridized carbons (Fsp3) is 0.364. The average molecular weight is 249 g/mol. The quantitative estimate of drug-likeness (QED) is 0.872. The summed E-state index contributed by atoms with van der Waals surface area (Å²) in [7, 11) is 0. The summed E-state index contributed by atoms with van der Waals surface area (Å²) >= 11 is 1.70. The van der Waals surface area contributed by atoms with Gasteiger partial charge < -0.3 is 11.1 Å². The highest BCUT2D eigenvalue weighted by molar-refractivity contribution is 7.11. The van der Waals surface area contributed by atoms with Gasteiger partial charge in [-0.3, -0.25) is 0 Å². The van der Waals surface area contributed by atoms with Crippen molar-refractivity contribution < 1.29 is 0 Å². The van der Waals surface area contributed by atoms with Gasteiger partial charge in [-0.05, 0) is 20.8 Å². The smallest absolute Gasteiger partial charge is 0.145 e. The molecule has 17 heavy (non-hydrogen) atoms. The van der Waals surface area contributed by atoms with Crippen LogP contribution in [0.2, 0.25) is 0 Å². The van der Waals surface area contributed by atoms with Gasteiger partial charge in [0.1, 0.15) is 11.6 Å². The zero-order valence-corrected chi connectivity index (χ0v) is 10.9. The molecule has 2 aromatic rings. The Labute approximate surface area is 104 Å². The van der Waals surface area contributed by atoms with E-state index >= 15 is 0 Å². The first-order valence-electron chi connectivity index (χ1n) is 5.34. The largest absolute Gasteiger partial charge is 0.382 e. The number of nitrogens with two attached hydrogens (primary N) is 1. The SMILES string of the molecule is Cc1nc(C)c(C(C)Nc2cnc(N)cn2)s1. The first-order valence-corrected chi connectivity index (χ1v) is 6.16. The predicted octanol–water partition coefficient (Wildman–Crippen LogP) is 2.31. The highest BCUT2D eigenvalue weighted by Crippen LogP contribution is 2.26. The summed E-state index contributed by atoms with van der Waals surface area (Å²) < 4.78 is 0. The van der Waals surface area contributed by atoms with Crippen molar-refractivity contribution in [3.05, 3.63) is 28.0 Å². The van der Waals surface area contributed by atoms with Crippen LogP contribution >= 0.6 is 11.3 Å². The second-order valence-electron chi connectivity index (χ2n) is 3.88. The van der Waals surface area contributed by atoms with E-state index in [-0.39, 0.29) is 6.04 Å². The molecule has 2 aromatic heterocycles. The fourth-order valence-corrected chi connectivity index (χ4v) is 2.58. The van der Waals surface area contributed by atoms with Crippen molar-refractivity contribution in [2.24, 2.45) is 0 Å².